The van der Waals surface area contributed by atoms with E-state index >= 15 is 0 Å². The zero-order valence-corrected chi connectivity index (χ0v) is 12.6. The third-order valence-corrected chi connectivity index (χ3v) is 4.08. The lowest BCUT2D eigenvalue weighted by atomic mass is 10.0. The first-order chi connectivity index (χ1) is 9.88. The van der Waals surface area contributed by atoms with Crippen LogP contribution >= 0.6 is 11.3 Å². The lowest BCUT2D eigenvalue weighted by Gasteiger charge is -2.23. The standard InChI is InChI=1S/C15H16N2O3S/c1-15(2,14-16-7-8-21-14)17-12(18)9-10-3-5-11(6-4-10)13(19)20/h3-8H,9H2,1-2H3,(H,17,18)(H,19,20). The Morgan fingerprint density at radius 3 is 2.48 bits per heavy atom. The van der Waals surface area contributed by atoms with Gasteiger partial charge in [-0.05, 0) is 31.5 Å². The number of carboxylic acid groups (broad SMARTS) is 1. The summed E-state index contributed by atoms with van der Waals surface area (Å²) in [5, 5.41) is 14.5. The zero-order chi connectivity index (χ0) is 15.5. The Hall–Kier alpha value is -2.21. The first-order valence-electron chi connectivity index (χ1n) is 6.42. The molecule has 0 spiro atoms. The molecule has 0 radical (unpaired) electrons. The van der Waals surface area contributed by atoms with Crippen LogP contribution < -0.4 is 5.32 Å². The van der Waals surface area contributed by atoms with E-state index in [9.17, 15) is 9.59 Å². The molecule has 1 aromatic heterocycles. The van der Waals surface area contributed by atoms with E-state index in [1.165, 1.54) is 23.5 Å². The topological polar surface area (TPSA) is 79.3 Å². The molecule has 0 atom stereocenters. The van der Waals surface area contributed by atoms with Gasteiger partial charge < -0.3 is 10.4 Å². The first-order valence-corrected chi connectivity index (χ1v) is 7.29. The van der Waals surface area contributed by atoms with Gasteiger partial charge in [0, 0.05) is 11.6 Å². The van der Waals surface area contributed by atoms with Crippen molar-refractivity contribution in [2.75, 3.05) is 0 Å². The van der Waals surface area contributed by atoms with Gasteiger partial charge in [-0.15, -0.1) is 11.3 Å². The molecule has 2 aromatic rings. The average molecular weight is 304 g/mol. The van der Waals surface area contributed by atoms with Crippen molar-refractivity contribution >= 4 is 23.2 Å². The highest BCUT2D eigenvalue weighted by atomic mass is 32.1. The number of aromatic nitrogens is 1. The number of nitrogens with zero attached hydrogens (tertiary/aromatic N) is 1. The van der Waals surface area contributed by atoms with Gasteiger partial charge in [0.05, 0.1) is 17.5 Å². The third kappa shape index (κ3) is 3.88. The Labute approximate surface area is 126 Å². The van der Waals surface area contributed by atoms with Crippen molar-refractivity contribution in [3.63, 3.8) is 0 Å². The van der Waals surface area contributed by atoms with Crippen molar-refractivity contribution in [1.82, 2.24) is 10.3 Å². The normalized spacial score (nSPS) is 11.1. The quantitative estimate of drug-likeness (QED) is 0.889. The van der Waals surface area contributed by atoms with Gasteiger partial charge in [0.2, 0.25) is 5.91 Å². The maximum absolute atomic E-state index is 12.1. The predicted octanol–water partition coefficient (Wildman–Crippen LogP) is 2.44. The zero-order valence-electron chi connectivity index (χ0n) is 11.8. The minimum Gasteiger partial charge on any atom is -0.478 e. The van der Waals surface area contributed by atoms with Gasteiger partial charge in [-0.1, -0.05) is 12.1 Å². The van der Waals surface area contributed by atoms with Gasteiger partial charge >= 0.3 is 5.97 Å². The Kier molecular flexibility index (Phi) is 4.37. The number of carbonyl (C=O) groups excluding carboxylic acids is 1. The summed E-state index contributed by atoms with van der Waals surface area (Å²) >= 11 is 1.49. The van der Waals surface area contributed by atoms with Crippen LogP contribution in [0.5, 0.6) is 0 Å². The molecule has 0 aliphatic rings. The van der Waals surface area contributed by atoms with Crippen molar-refractivity contribution in [2.24, 2.45) is 0 Å². The molecule has 1 aromatic carbocycles. The molecular formula is C15H16N2O3S. The first kappa shape index (κ1) is 15.2. The predicted molar refractivity (Wildman–Crippen MR) is 80.4 cm³/mol. The number of thiazole rings is 1. The van der Waals surface area contributed by atoms with Crippen molar-refractivity contribution in [3.8, 4) is 0 Å². The van der Waals surface area contributed by atoms with Crippen molar-refractivity contribution < 1.29 is 14.7 Å². The maximum Gasteiger partial charge on any atom is 0.335 e. The van der Waals surface area contributed by atoms with E-state index in [2.05, 4.69) is 10.3 Å². The largest absolute Gasteiger partial charge is 0.478 e. The van der Waals surface area contributed by atoms with Crippen LogP contribution in [0.3, 0.4) is 0 Å². The van der Waals surface area contributed by atoms with Crippen LogP contribution in [0.1, 0.15) is 34.8 Å². The molecule has 110 valence electrons. The van der Waals surface area contributed by atoms with Gasteiger partial charge in [-0.25, -0.2) is 9.78 Å². The summed E-state index contributed by atoms with van der Waals surface area (Å²) in [6.07, 6.45) is 1.91. The molecule has 2 rings (SSSR count). The van der Waals surface area contributed by atoms with Crippen LogP contribution in [-0.4, -0.2) is 22.0 Å². The number of rotatable bonds is 5. The number of nitrogens with one attached hydrogen (secondary N) is 1. The Bertz CT molecular complexity index is 633. The molecule has 2 N–H and O–H groups in total. The highest BCUT2D eigenvalue weighted by Gasteiger charge is 2.25. The highest BCUT2D eigenvalue weighted by molar-refractivity contribution is 7.09. The van der Waals surface area contributed by atoms with E-state index in [1.807, 2.05) is 19.2 Å². The fourth-order valence-corrected chi connectivity index (χ4v) is 2.65. The molecule has 1 heterocycles. The lowest BCUT2D eigenvalue weighted by Crippen LogP contribution is -2.41. The van der Waals surface area contributed by atoms with Crippen LogP contribution in [0.2, 0.25) is 0 Å². The summed E-state index contributed by atoms with van der Waals surface area (Å²) in [7, 11) is 0. The van der Waals surface area contributed by atoms with E-state index in [0.717, 1.165) is 10.6 Å². The van der Waals surface area contributed by atoms with Crippen LogP contribution in [0, 0.1) is 0 Å². The second-order valence-electron chi connectivity index (χ2n) is 5.19. The smallest absolute Gasteiger partial charge is 0.335 e. The van der Waals surface area contributed by atoms with Crippen molar-refractivity contribution in [2.45, 2.75) is 25.8 Å². The number of carbonyl (C=O) groups is 2. The fraction of sp³-hybridized carbons (Fsp3) is 0.267. The molecule has 1 amide bonds. The molecule has 0 unspecified atom stereocenters. The molecule has 0 fully saturated rings. The number of carboxylic acids is 1. The van der Waals surface area contributed by atoms with Gasteiger partial charge in [0.1, 0.15) is 5.01 Å². The summed E-state index contributed by atoms with van der Waals surface area (Å²) in [6, 6.07) is 6.30. The molecule has 21 heavy (non-hydrogen) atoms. The lowest BCUT2D eigenvalue weighted by molar-refractivity contribution is -0.122. The van der Waals surface area contributed by atoms with Crippen LogP contribution in [0.15, 0.2) is 35.8 Å². The number of amides is 1. The summed E-state index contributed by atoms with van der Waals surface area (Å²) in [5.74, 6) is -1.10. The van der Waals surface area contributed by atoms with Gasteiger partial charge in [0.25, 0.3) is 0 Å². The van der Waals surface area contributed by atoms with E-state index < -0.39 is 11.5 Å². The second-order valence-corrected chi connectivity index (χ2v) is 6.08. The van der Waals surface area contributed by atoms with Gasteiger partial charge in [0.15, 0.2) is 0 Å². The van der Waals surface area contributed by atoms with Crippen LogP contribution in [0.4, 0.5) is 0 Å². The summed E-state index contributed by atoms with van der Waals surface area (Å²) in [5.41, 5.74) is 0.460. The van der Waals surface area contributed by atoms with Crippen LogP contribution in [0.25, 0.3) is 0 Å². The van der Waals surface area contributed by atoms with Crippen molar-refractivity contribution in [3.05, 3.63) is 52.0 Å². The monoisotopic (exact) mass is 304 g/mol. The molecule has 0 aliphatic heterocycles. The molecule has 0 saturated carbocycles. The Balaban J connectivity index is 2.00. The van der Waals surface area contributed by atoms with Crippen molar-refractivity contribution in [1.29, 1.82) is 0 Å². The summed E-state index contributed by atoms with van der Waals surface area (Å²) in [4.78, 5) is 27.1. The highest BCUT2D eigenvalue weighted by Crippen LogP contribution is 2.22. The minimum absolute atomic E-state index is 0.127. The number of benzene rings is 1. The molecule has 0 saturated heterocycles. The van der Waals surface area contributed by atoms with E-state index in [0.29, 0.717) is 0 Å². The SMILES string of the molecule is CC(C)(NC(=O)Cc1ccc(C(=O)O)cc1)c1nccs1. The molecule has 6 heteroatoms. The number of hydrogen-bond donors (Lipinski definition) is 2. The van der Waals surface area contributed by atoms with Gasteiger partial charge in [-0.2, -0.15) is 0 Å². The number of hydrogen-bond acceptors (Lipinski definition) is 4. The fourth-order valence-electron chi connectivity index (χ4n) is 1.93. The summed E-state index contributed by atoms with van der Waals surface area (Å²) < 4.78 is 0. The second kappa shape index (κ2) is 6.05. The third-order valence-electron chi connectivity index (χ3n) is 2.98. The maximum atomic E-state index is 12.1. The van der Waals surface area contributed by atoms with E-state index in [4.69, 9.17) is 5.11 Å². The van der Waals surface area contributed by atoms with E-state index in [-0.39, 0.29) is 17.9 Å². The van der Waals surface area contributed by atoms with E-state index in [1.54, 1.807) is 18.3 Å². The minimum atomic E-state index is -0.976. The molecule has 0 aliphatic carbocycles. The van der Waals surface area contributed by atoms with Gasteiger partial charge in [-0.3, -0.25) is 4.79 Å². The summed E-state index contributed by atoms with van der Waals surface area (Å²) in [6.45, 7) is 3.80. The Morgan fingerprint density at radius 1 is 1.29 bits per heavy atom. The molecule has 0 bridgehead atoms. The number of aromatic carboxylic acids is 1. The molecule has 5 nitrogen and oxygen atoms in total. The average Bonchev–Trinajstić information content (AvgIpc) is 2.93. The Morgan fingerprint density at radius 2 is 1.95 bits per heavy atom. The van der Waals surface area contributed by atoms with Crippen LogP contribution in [-0.2, 0) is 16.8 Å². The molecular weight excluding hydrogens is 288 g/mol.